The summed E-state index contributed by atoms with van der Waals surface area (Å²) >= 11 is 12.3. The third kappa shape index (κ3) is 4.69. The van der Waals surface area contributed by atoms with Crippen LogP contribution >= 0.6 is 23.2 Å². The molecule has 3 rings (SSSR count). The molecule has 0 radical (unpaired) electrons. The van der Waals surface area contributed by atoms with E-state index in [0.717, 1.165) is 22.6 Å². The zero-order valence-corrected chi connectivity index (χ0v) is 16.9. The van der Waals surface area contributed by atoms with Crippen LogP contribution in [0.5, 0.6) is 0 Å². The van der Waals surface area contributed by atoms with Gasteiger partial charge in [0.2, 0.25) is 0 Å². The van der Waals surface area contributed by atoms with E-state index < -0.39 is 0 Å². The molecule has 2 N–H and O–H groups in total. The molecule has 0 bridgehead atoms. The molecule has 1 aromatic carbocycles. The largest absolute Gasteiger partial charge is 0.368 e. The lowest BCUT2D eigenvalue weighted by molar-refractivity contribution is 1.01. The highest BCUT2D eigenvalue weighted by Crippen LogP contribution is 2.30. The predicted molar refractivity (Wildman–Crippen MR) is 113 cm³/mol. The number of hydrogen-bond donors (Lipinski definition) is 2. The Kier molecular flexibility index (Phi) is 6.30. The second-order valence-corrected chi connectivity index (χ2v) is 6.97. The highest BCUT2D eigenvalue weighted by Gasteiger charge is 2.12. The molecule has 0 aliphatic carbocycles. The Morgan fingerprint density at radius 1 is 1.04 bits per heavy atom. The minimum Gasteiger partial charge on any atom is -0.368 e. The van der Waals surface area contributed by atoms with Gasteiger partial charge in [0.1, 0.15) is 17.7 Å². The molecule has 0 unspecified atom stereocenters. The highest BCUT2D eigenvalue weighted by molar-refractivity contribution is 6.36. The van der Waals surface area contributed by atoms with E-state index in [4.69, 9.17) is 28.5 Å². The van der Waals surface area contributed by atoms with Crippen LogP contribution in [0.4, 0.5) is 11.6 Å². The van der Waals surface area contributed by atoms with Crippen LogP contribution in [0.15, 0.2) is 36.5 Å². The molecule has 2 aromatic heterocycles. The van der Waals surface area contributed by atoms with Crippen LogP contribution in [0, 0.1) is 25.2 Å². The number of halogens is 2. The number of pyridine rings is 1. The van der Waals surface area contributed by atoms with Gasteiger partial charge in [0.05, 0.1) is 10.6 Å². The van der Waals surface area contributed by atoms with E-state index >= 15 is 0 Å². The number of aromatic nitrogens is 3. The van der Waals surface area contributed by atoms with Gasteiger partial charge in [-0.1, -0.05) is 23.2 Å². The summed E-state index contributed by atoms with van der Waals surface area (Å²) in [4.78, 5) is 13.4. The number of nitriles is 1. The van der Waals surface area contributed by atoms with Gasteiger partial charge in [0, 0.05) is 41.1 Å². The van der Waals surface area contributed by atoms with Crippen LogP contribution in [0.3, 0.4) is 0 Å². The molecule has 3 aromatic rings. The molecular formula is C20H18Cl2N6. The van der Waals surface area contributed by atoms with E-state index in [2.05, 4.69) is 25.6 Å². The SMILES string of the molecule is Cc1nc(-c2ccc(Cl)cc2Cl)nc(NCCNc2ccc(C#N)cn2)c1C. The second kappa shape index (κ2) is 8.87. The van der Waals surface area contributed by atoms with Crippen molar-refractivity contribution in [1.29, 1.82) is 5.26 Å². The van der Waals surface area contributed by atoms with Gasteiger partial charge in [-0.3, -0.25) is 0 Å². The smallest absolute Gasteiger partial charge is 0.163 e. The van der Waals surface area contributed by atoms with Crippen LogP contribution in [-0.4, -0.2) is 28.0 Å². The van der Waals surface area contributed by atoms with Gasteiger partial charge in [-0.05, 0) is 44.2 Å². The zero-order valence-electron chi connectivity index (χ0n) is 15.4. The second-order valence-electron chi connectivity index (χ2n) is 6.13. The number of rotatable bonds is 6. The maximum Gasteiger partial charge on any atom is 0.163 e. The van der Waals surface area contributed by atoms with Crippen LogP contribution in [0.25, 0.3) is 11.4 Å². The fourth-order valence-corrected chi connectivity index (χ4v) is 3.02. The van der Waals surface area contributed by atoms with Gasteiger partial charge >= 0.3 is 0 Å². The number of hydrogen-bond acceptors (Lipinski definition) is 6. The monoisotopic (exact) mass is 412 g/mol. The van der Waals surface area contributed by atoms with Gasteiger partial charge in [0.25, 0.3) is 0 Å². The molecule has 0 aliphatic rings. The number of benzene rings is 1. The Labute approximate surface area is 173 Å². The molecule has 0 saturated heterocycles. The van der Waals surface area contributed by atoms with Crippen molar-refractivity contribution in [3.05, 3.63) is 63.4 Å². The fourth-order valence-electron chi connectivity index (χ4n) is 2.53. The van der Waals surface area contributed by atoms with Crippen molar-refractivity contribution in [1.82, 2.24) is 15.0 Å². The molecule has 8 heteroatoms. The van der Waals surface area contributed by atoms with Crippen molar-refractivity contribution < 1.29 is 0 Å². The minimum absolute atomic E-state index is 0.510. The van der Waals surface area contributed by atoms with E-state index in [1.54, 1.807) is 24.3 Å². The number of nitrogens with one attached hydrogen (secondary N) is 2. The lowest BCUT2D eigenvalue weighted by atomic mass is 10.2. The van der Waals surface area contributed by atoms with E-state index in [9.17, 15) is 0 Å². The third-order valence-corrected chi connectivity index (χ3v) is 4.73. The minimum atomic E-state index is 0.510. The van der Waals surface area contributed by atoms with Crippen LogP contribution in [-0.2, 0) is 0 Å². The average molecular weight is 413 g/mol. The average Bonchev–Trinajstić information content (AvgIpc) is 2.68. The normalized spacial score (nSPS) is 10.4. The number of aryl methyl sites for hydroxylation is 1. The van der Waals surface area contributed by atoms with Crippen molar-refractivity contribution in [3.8, 4) is 17.5 Å². The summed E-state index contributed by atoms with van der Waals surface area (Å²) in [5, 5.41) is 16.4. The summed E-state index contributed by atoms with van der Waals surface area (Å²) < 4.78 is 0. The molecule has 6 nitrogen and oxygen atoms in total. The van der Waals surface area contributed by atoms with Crippen molar-refractivity contribution in [2.75, 3.05) is 23.7 Å². The van der Waals surface area contributed by atoms with Gasteiger partial charge in [-0.15, -0.1) is 0 Å². The van der Waals surface area contributed by atoms with E-state index in [-0.39, 0.29) is 0 Å². The van der Waals surface area contributed by atoms with Gasteiger partial charge in [-0.25, -0.2) is 15.0 Å². The Morgan fingerprint density at radius 2 is 1.82 bits per heavy atom. The summed E-state index contributed by atoms with van der Waals surface area (Å²) in [5.74, 6) is 2.02. The fraction of sp³-hybridized carbons (Fsp3) is 0.200. The Hall–Kier alpha value is -2.88. The van der Waals surface area contributed by atoms with Crippen molar-refractivity contribution in [2.45, 2.75) is 13.8 Å². The molecule has 0 saturated carbocycles. The summed E-state index contributed by atoms with van der Waals surface area (Å²) in [6.07, 6.45) is 1.54. The van der Waals surface area contributed by atoms with Gasteiger partial charge in [-0.2, -0.15) is 5.26 Å². The Balaban J connectivity index is 1.69. The quantitative estimate of drug-likeness (QED) is 0.562. The highest BCUT2D eigenvalue weighted by atomic mass is 35.5. The van der Waals surface area contributed by atoms with Gasteiger partial charge in [0.15, 0.2) is 5.82 Å². The first-order valence-corrected chi connectivity index (χ1v) is 9.38. The Bertz CT molecular complexity index is 1030. The first kappa shape index (κ1) is 19.9. The van der Waals surface area contributed by atoms with Gasteiger partial charge < -0.3 is 10.6 Å². The first-order chi connectivity index (χ1) is 13.5. The molecule has 28 heavy (non-hydrogen) atoms. The molecular weight excluding hydrogens is 395 g/mol. The van der Waals surface area contributed by atoms with E-state index in [0.29, 0.717) is 40.3 Å². The van der Waals surface area contributed by atoms with E-state index in [1.807, 2.05) is 26.0 Å². The lowest BCUT2D eigenvalue weighted by Crippen LogP contribution is -2.16. The molecule has 0 spiro atoms. The zero-order chi connectivity index (χ0) is 20.1. The van der Waals surface area contributed by atoms with Crippen molar-refractivity contribution >= 4 is 34.8 Å². The van der Waals surface area contributed by atoms with Crippen molar-refractivity contribution in [2.24, 2.45) is 0 Å². The molecule has 142 valence electrons. The van der Waals surface area contributed by atoms with Crippen LogP contribution in [0.2, 0.25) is 10.0 Å². The Morgan fingerprint density at radius 3 is 2.50 bits per heavy atom. The number of anilines is 2. The number of nitrogens with zero attached hydrogens (tertiary/aromatic N) is 4. The topological polar surface area (TPSA) is 86.5 Å². The first-order valence-electron chi connectivity index (χ1n) is 8.62. The van der Waals surface area contributed by atoms with Crippen LogP contribution in [0.1, 0.15) is 16.8 Å². The third-order valence-electron chi connectivity index (χ3n) is 4.18. The van der Waals surface area contributed by atoms with Crippen LogP contribution < -0.4 is 10.6 Å². The van der Waals surface area contributed by atoms with Crippen molar-refractivity contribution in [3.63, 3.8) is 0 Å². The maximum absolute atomic E-state index is 8.81. The summed E-state index contributed by atoms with van der Waals surface area (Å²) in [5.41, 5.74) is 3.12. The lowest BCUT2D eigenvalue weighted by Gasteiger charge is -2.13. The predicted octanol–water partition coefficient (Wildman–Crippen LogP) is 4.86. The summed E-state index contributed by atoms with van der Waals surface area (Å²) in [7, 11) is 0. The molecule has 0 atom stereocenters. The molecule has 2 heterocycles. The standard InChI is InChI=1S/C20H18Cl2N6/c1-12-13(2)27-20(16-5-4-15(21)9-17(16)22)28-19(12)25-8-7-24-18-6-3-14(10-23)11-26-18/h3-6,9,11H,7-8H2,1-2H3,(H,24,26)(H,25,27,28). The molecule has 0 amide bonds. The molecule has 0 fully saturated rings. The maximum atomic E-state index is 8.81. The van der Waals surface area contributed by atoms with E-state index in [1.165, 1.54) is 6.20 Å². The summed E-state index contributed by atoms with van der Waals surface area (Å²) in [6, 6.07) is 10.8. The summed E-state index contributed by atoms with van der Waals surface area (Å²) in [6.45, 7) is 5.18. The molecule has 0 aliphatic heterocycles.